The van der Waals surface area contributed by atoms with Crippen LogP contribution in [-0.4, -0.2) is 23.5 Å². The van der Waals surface area contributed by atoms with E-state index in [0.29, 0.717) is 5.56 Å². The molecule has 0 unspecified atom stereocenters. The van der Waals surface area contributed by atoms with Gasteiger partial charge in [-0.3, -0.25) is 0 Å². The van der Waals surface area contributed by atoms with E-state index in [1.165, 1.54) is 13.3 Å². The molecule has 5 heteroatoms. The minimum absolute atomic E-state index is 0.0786. The number of pyridine rings is 1. The smallest absolute Gasteiger partial charge is 0.250 e. The average Bonchev–Trinajstić information content (AvgIpc) is 2.05. The van der Waals surface area contributed by atoms with Gasteiger partial charge in [0.05, 0.1) is 13.3 Å². The normalized spacial score (nSPS) is 10.5. The quantitative estimate of drug-likeness (QED) is 0.410. The molecule has 4 nitrogen and oxygen atoms in total. The molecule has 0 atom stereocenters. The van der Waals surface area contributed by atoms with Gasteiger partial charge in [0.2, 0.25) is 5.88 Å². The van der Waals surface area contributed by atoms with Crippen LogP contribution in [0.25, 0.3) is 0 Å². The van der Waals surface area contributed by atoms with Gasteiger partial charge < -0.3 is 9.94 Å². The summed E-state index contributed by atoms with van der Waals surface area (Å²) in [4.78, 5) is 3.62. The Hall–Kier alpha value is -1.65. The van der Waals surface area contributed by atoms with Crippen LogP contribution in [0.4, 0.5) is 4.39 Å². The molecule has 1 N–H and O–H groups in total. The van der Waals surface area contributed by atoms with Crippen molar-refractivity contribution >= 4 is 6.21 Å². The van der Waals surface area contributed by atoms with Crippen LogP contribution in [0.2, 0.25) is 0 Å². The molecule has 0 aliphatic rings. The minimum Gasteiger partial charge on any atom is -0.479 e. The van der Waals surface area contributed by atoms with E-state index in [0.717, 1.165) is 12.3 Å². The van der Waals surface area contributed by atoms with Gasteiger partial charge in [-0.1, -0.05) is 5.16 Å². The number of hydrogen-bond donors (Lipinski definition) is 1. The first kappa shape index (κ1) is 8.45. The number of methoxy groups -OCH3 is 1. The fraction of sp³-hybridized carbons (Fsp3) is 0.143. The summed E-state index contributed by atoms with van der Waals surface area (Å²) in [6.07, 6.45) is 2.41. The second kappa shape index (κ2) is 3.66. The predicted molar refractivity (Wildman–Crippen MR) is 40.1 cm³/mol. The zero-order valence-electron chi connectivity index (χ0n) is 6.36. The third kappa shape index (κ3) is 1.69. The maximum absolute atomic E-state index is 12.8. The van der Waals surface area contributed by atoms with E-state index in [1.54, 1.807) is 0 Å². The highest BCUT2D eigenvalue weighted by molar-refractivity contribution is 5.78. The van der Waals surface area contributed by atoms with Crippen molar-refractivity contribution in [1.82, 2.24) is 4.98 Å². The van der Waals surface area contributed by atoms with E-state index in [4.69, 9.17) is 5.21 Å². The summed E-state index contributed by atoms with van der Waals surface area (Å²) in [5.41, 5.74) is 0.371. The zero-order valence-corrected chi connectivity index (χ0v) is 6.36. The average molecular weight is 170 g/mol. The predicted octanol–water partition coefficient (Wildman–Crippen LogP) is 1.04. The van der Waals surface area contributed by atoms with Crippen molar-refractivity contribution in [3.63, 3.8) is 0 Å². The monoisotopic (exact) mass is 170 g/mol. The fourth-order valence-corrected chi connectivity index (χ4v) is 0.728. The van der Waals surface area contributed by atoms with Crippen LogP contribution in [0.1, 0.15) is 5.56 Å². The summed E-state index contributed by atoms with van der Waals surface area (Å²) < 4.78 is 17.4. The molecule has 0 fully saturated rings. The molecule has 0 aliphatic carbocycles. The van der Waals surface area contributed by atoms with Crippen molar-refractivity contribution in [2.75, 3.05) is 7.11 Å². The van der Waals surface area contributed by atoms with Gasteiger partial charge in [0.1, 0.15) is 0 Å². The second-order valence-electron chi connectivity index (χ2n) is 2.00. The SMILES string of the molecule is COc1ncc(/C=N/O)cc1F. The first-order chi connectivity index (χ1) is 5.77. The summed E-state index contributed by atoms with van der Waals surface area (Å²) >= 11 is 0. The second-order valence-corrected chi connectivity index (χ2v) is 2.00. The Labute approximate surface area is 68.3 Å². The minimum atomic E-state index is -0.588. The number of aromatic nitrogens is 1. The van der Waals surface area contributed by atoms with Crippen LogP contribution in [-0.2, 0) is 0 Å². The largest absolute Gasteiger partial charge is 0.479 e. The Morgan fingerprint density at radius 2 is 2.50 bits per heavy atom. The topological polar surface area (TPSA) is 54.7 Å². The van der Waals surface area contributed by atoms with Crippen molar-refractivity contribution in [2.45, 2.75) is 0 Å². The molecule has 0 radical (unpaired) electrons. The molecule has 12 heavy (non-hydrogen) atoms. The lowest BCUT2D eigenvalue weighted by atomic mass is 10.3. The molecule has 64 valence electrons. The number of oxime groups is 1. The van der Waals surface area contributed by atoms with Gasteiger partial charge in [-0.25, -0.2) is 9.37 Å². The molecule has 0 bridgehead atoms. The molecule has 0 amide bonds. The van der Waals surface area contributed by atoms with Gasteiger partial charge in [-0.15, -0.1) is 0 Å². The number of ether oxygens (including phenoxy) is 1. The van der Waals surface area contributed by atoms with Crippen molar-refractivity contribution < 1.29 is 14.3 Å². The molecule has 1 rings (SSSR count). The van der Waals surface area contributed by atoms with Crippen molar-refractivity contribution in [3.8, 4) is 5.88 Å². The summed E-state index contributed by atoms with van der Waals surface area (Å²) in [5.74, 6) is -0.667. The Bertz CT molecular complexity index is 301. The van der Waals surface area contributed by atoms with E-state index in [2.05, 4.69) is 14.9 Å². The van der Waals surface area contributed by atoms with Crippen LogP contribution in [0.15, 0.2) is 17.4 Å². The molecule has 1 aromatic rings. The highest BCUT2D eigenvalue weighted by Gasteiger charge is 2.02. The number of rotatable bonds is 2. The zero-order chi connectivity index (χ0) is 8.97. The highest BCUT2D eigenvalue weighted by atomic mass is 19.1. The van der Waals surface area contributed by atoms with E-state index in [1.807, 2.05) is 0 Å². The first-order valence-corrected chi connectivity index (χ1v) is 3.15. The van der Waals surface area contributed by atoms with Gasteiger partial charge >= 0.3 is 0 Å². The molecular weight excluding hydrogens is 163 g/mol. The molecule has 1 aromatic heterocycles. The highest BCUT2D eigenvalue weighted by Crippen LogP contribution is 2.12. The van der Waals surface area contributed by atoms with E-state index in [-0.39, 0.29) is 5.88 Å². The summed E-state index contributed by atoms with van der Waals surface area (Å²) in [6, 6.07) is 1.16. The van der Waals surface area contributed by atoms with Crippen LogP contribution in [0.3, 0.4) is 0 Å². The molecule has 0 aliphatic heterocycles. The molecular formula is C7H7FN2O2. The van der Waals surface area contributed by atoms with Gasteiger partial charge in [-0.05, 0) is 6.07 Å². The molecule has 0 saturated heterocycles. The summed E-state index contributed by atoms with van der Waals surface area (Å²) in [5, 5.41) is 10.9. The summed E-state index contributed by atoms with van der Waals surface area (Å²) in [6.45, 7) is 0. The van der Waals surface area contributed by atoms with E-state index < -0.39 is 5.82 Å². The third-order valence-electron chi connectivity index (χ3n) is 1.23. The van der Waals surface area contributed by atoms with Crippen LogP contribution >= 0.6 is 0 Å². The number of hydrogen-bond acceptors (Lipinski definition) is 4. The first-order valence-electron chi connectivity index (χ1n) is 3.15. The molecule has 0 saturated carbocycles. The number of nitrogens with zero attached hydrogens (tertiary/aromatic N) is 2. The lowest BCUT2D eigenvalue weighted by Gasteiger charge is -1.99. The van der Waals surface area contributed by atoms with Crippen molar-refractivity contribution in [2.24, 2.45) is 5.16 Å². The maximum atomic E-state index is 12.8. The van der Waals surface area contributed by atoms with Gasteiger partial charge in [0.25, 0.3) is 0 Å². The summed E-state index contributed by atoms with van der Waals surface area (Å²) in [7, 11) is 1.32. The van der Waals surface area contributed by atoms with Crippen LogP contribution < -0.4 is 4.74 Å². The Kier molecular flexibility index (Phi) is 2.57. The van der Waals surface area contributed by atoms with Crippen LogP contribution in [0.5, 0.6) is 5.88 Å². The van der Waals surface area contributed by atoms with E-state index >= 15 is 0 Å². The molecule has 0 aromatic carbocycles. The van der Waals surface area contributed by atoms with Gasteiger partial charge in [0, 0.05) is 11.8 Å². The molecule has 1 heterocycles. The lowest BCUT2D eigenvalue weighted by molar-refractivity contribution is 0.321. The lowest BCUT2D eigenvalue weighted by Crippen LogP contribution is -1.93. The number of halogens is 1. The molecule has 0 spiro atoms. The fourth-order valence-electron chi connectivity index (χ4n) is 0.728. The third-order valence-corrected chi connectivity index (χ3v) is 1.23. The standard InChI is InChI=1S/C7H7FN2O2/c1-12-7-6(8)2-5(3-9-7)4-10-11/h2-4,11H,1H3/b10-4+. The Morgan fingerprint density at radius 3 is 3.00 bits per heavy atom. The Balaban J connectivity index is 3.01. The van der Waals surface area contributed by atoms with Crippen LogP contribution in [0, 0.1) is 5.82 Å². The van der Waals surface area contributed by atoms with E-state index in [9.17, 15) is 4.39 Å². The van der Waals surface area contributed by atoms with Crippen molar-refractivity contribution in [3.05, 3.63) is 23.6 Å². The van der Waals surface area contributed by atoms with Gasteiger partial charge in [0.15, 0.2) is 5.82 Å². The van der Waals surface area contributed by atoms with Crippen molar-refractivity contribution in [1.29, 1.82) is 0 Å². The van der Waals surface area contributed by atoms with Gasteiger partial charge in [-0.2, -0.15) is 0 Å². The maximum Gasteiger partial charge on any atom is 0.250 e. The Morgan fingerprint density at radius 1 is 1.75 bits per heavy atom.